The molecule has 0 bridgehead atoms. The average Bonchev–Trinajstić information content (AvgIpc) is 3.12. The van der Waals surface area contributed by atoms with Gasteiger partial charge in [-0.25, -0.2) is 4.39 Å². The first-order chi connectivity index (χ1) is 17.0. The zero-order chi connectivity index (χ0) is 24.4. The normalized spacial score (nSPS) is 14.8. The maximum absolute atomic E-state index is 14.2. The van der Waals surface area contributed by atoms with E-state index in [1.165, 1.54) is 18.2 Å². The first kappa shape index (κ1) is 23.1. The lowest BCUT2D eigenvalue weighted by Crippen LogP contribution is -2.28. The Morgan fingerprint density at radius 2 is 1.71 bits per heavy atom. The second kappa shape index (κ2) is 9.94. The van der Waals surface area contributed by atoms with E-state index in [0.29, 0.717) is 12.4 Å². The predicted molar refractivity (Wildman–Crippen MR) is 138 cm³/mol. The van der Waals surface area contributed by atoms with Gasteiger partial charge in [-0.2, -0.15) is 0 Å². The Hall–Kier alpha value is -3.61. The highest BCUT2D eigenvalue weighted by Gasteiger charge is 2.35. The third kappa shape index (κ3) is 4.94. The van der Waals surface area contributed by atoms with Gasteiger partial charge in [0.05, 0.1) is 11.4 Å². The quantitative estimate of drug-likeness (QED) is 0.256. The molecule has 0 aliphatic carbocycles. The van der Waals surface area contributed by atoms with Crippen LogP contribution in [0.4, 0.5) is 9.18 Å². The third-order valence-corrected chi connectivity index (χ3v) is 6.94. The van der Waals surface area contributed by atoms with E-state index in [-0.39, 0.29) is 22.0 Å². The Bertz CT molecular complexity index is 1460. The molecule has 2 amide bonds. The molecule has 5 rings (SSSR count). The van der Waals surface area contributed by atoms with E-state index in [9.17, 15) is 14.0 Å². The van der Waals surface area contributed by atoms with Crippen LogP contribution in [0.25, 0.3) is 16.8 Å². The average molecular weight is 504 g/mol. The number of fused-ring (bicyclic) bond motifs is 1. The van der Waals surface area contributed by atoms with E-state index in [2.05, 4.69) is 18.2 Å². The van der Waals surface area contributed by atoms with E-state index in [1.807, 2.05) is 48.5 Å². The molecule has 174 valence electrons. The zero-order valence-corrected chi connectivity index (χ0v) is 20.0. The number of thioether (sulfide) groups is 1. The third-order valence-electron chi connectivity index (χ3n) is 5.68. The van der Waals surface area contributed by atoms with Crippen molar-refractivity contribution in [1.82, 2.24) is 4.90 Å². The van der Waals surface area contributed by atoms with Gasteiger partial charge in [0.25, 0.3) is 11.1 Å². The lowest BCUT2D eigenvalue weighted by molar-refractivity contribution is -0.123. The first-order valence-electron chi connectivity index (χ1n) is 10.9. The van der Waals surface area contributed by atoms with Crippen molar-refractivity contribution in [2.24, 2.45) is 0 Å². The molecule has 4 nitrogen and oxygen atoms in total. The van der Waals surface area contributed by atoms with Crippen LogP contribution in [-0.2, 0) is 17.9 Å². The lowest BCUT2D eigenvalue weighted by atomic mass is 10.1. The van der Waals surface area contributed by atoms with Crippen molar-refractivity contribution in [2.75, 3.05) is 0 Å². The highest BCUT2D eigenvalue weighted by Crippen LogP contribution is 2.35. The van der Waals surface area contributed by atoms with Crippen molar-refractivity contribution in [3.63, 3.8) is 0 Å². The number of benzene rings is 4. The minimum atomic E-state index is -0.559. The largest absolute Gasteiger partial charge is 0.489 e. The van der Waals surface area contributed by atoms with Gasteiger partial charge in [-0.3, -0.25) is 14.5 Å². The van der Waals surface area contributed by atoms with Crippen LogP contribution < -0.4 is 4.74 Å². The molecule has 35 heavy (non-hydrogen) atoms. The molecule has 0 atom stereocenters. The SMILES string of the molecule is O=C1S/C(=C\c2cccc(OCc3cccc4ccccc34)c2)C(=O)N1Cc1c(F)cccc1Cl. The fraction of sp³-hybridized carbons (Fsp3) is 0.0714. The molecule has 0 unspecified atom stereocenters. The fourth-order valence-electron chi connectivity index (χ4n) is 3.90. The van der Waals surface area contributed by atoms with E-state index < -0.39 is 17.0 Å². The number of amides is 2. The van der Waals surface area contributed by atoms with Crippen LogP contribution in [0.5, 0.6) is 5.75 Å². The van der Waals surface area contributed by atoms with Crippen LogP contribution in [0.2, 0.25) is 5.02 Å². The van der Waals surface area contributed by atoms with Crippen molar-refractivity contribution in [3.05, 3.63) is 117 Å². The van der Waals surface area contributed by atoms with Crippen molar-refractivity contribution < 1.29 is 18.7 Å². The Morgan fingerprint density at radius 1 is 0.943 bits per heavy atom. The molecule has 0 radical (unpaired) electrons. The molecular formula is C28H19ClFNO3S. The van der Waals surface area contributed by atoms with Gasteiger partial charge in [0.15, 0.2) is 0 Å². The van der Waals surface area contributed by atoms with Crippen LogP contribution >= 0.6 is 23.4 Å². The molecule has 1 heterocycles. The van der Waals surface area contributed by atoms with Gasteiger partial charge < -0.3 is 4.74 Å². The van der Waals surface area contributed by atoms with Crippen LogP contribution in [0.1, 0.15) is 16.7 Å². The molecule has 1 saturated heterocycles. The molecule has 4 aromatic carbocycles. The Balaban J connectivity index is 1.32. The Labute approximate surface area is 211 Å². The number of carbonyl (C=O) groups is 2. The maximum Gasteiger partial charge on any atom is 0.293 e. The summed E-state index contributed by atoms with van der Waals surface area (Å²) >= 11 is 6.89. The van der Waals surface area contributed by atoms with Gasteiger partial charge in [0.2, 0.25) is 0 Å². The topological polar surface area (TPSA) is 46.6 Å². The van der Waals surface area contributed by atoms with Gasteiger partial charge in [0, 0.05) is 10.6 Å². The number of ether oxygens (including phenoxy) is 1. The van der Waals surface area contributed by atoms with Crippen molar-refractivity contribution >= 4 is 51.4 Å². The number of imide groups is 1. The van der Waals surface area contributed by atoms with Gasteiger partial charge in [0.1, 0.15) is 18.2 Å². The summed E-state index contributed by atoms with van der Waals surface area (Å²) in [6, 6.07) is 25.8. The number of nitrogens with zero attached hydrogens (tertiary/aromatic N) is 1. The van der Waals surface area contributed by atoms with Crippen molar-refractivity contribution in [3.8, 4) is 5.75 Å². The molecule has 4 aromatic rings. The number of hydrogen-bond acceptors (Lipinski definition) is 4. The minimum Gasteiger partial charge on any atom is -0.489 e. The predicted octanol–water partition coefficient (Wildman–Crippen LogP) is 7.45. The van der Waals surface area contributed by atoms with Gasteiger partial charge in [-0.1, -0.05) is 72.3 Å². The molecular weight excluding hydrogens is 485 g/mol. The standard InChI is InChI=1S/C28H19ClFNO3S/c29-24-12-5-13-25(30)23(24)16-31-27(32)26(35-28(31)33)15-18-6-3-10-21(14-18)34-17-20-9-4-8-19-7-1-2-11-22(19)20/h1-15H,16-17H2/b26-15-. The van der Waals surface area contributed by atoms with Crippen molar-refractivity contribution in [2.45, 2.75) is 13.2 Å². The summed E-state index contributed by atoms with van der Waals surface area (Å²) in [4.78, 5) is 26.6. The molecule has 0 aromatic heterocycles. The van der Waals surface area contributed by atoms with Crippen LogP contribution in [-0.4, -0.2) is 16.0 Å². The molecule has 0 spiro atoms. The summed E-state index contributed by atoms with van der Waals surface area (Å²) in [6.07, 6.45) is 1.64. The first-order valence-corrected chi connectivity index (χ1v) is 12.1. The molecule has 1 aliphatic rings. The van der Waals surface area contributed by atoms with Crippen LogP contribution in [0.3, 0.4) is 0 Å². The Morgan fingerprint density at radius 3 is 2.57 bits per heavy atom. The maximum atomic E-state index is 14.2. The van der Waals surface area contributed by atoms with Gasteiger partial charge in [-0.05, 0) is 64.0 Å². The number of carbonyl (C=O) groups excluding carboxylic acids is 2. The summed E-state index contributed by atoms with van der Waals surface area (Å²) in [6.45, 7) is 0.173. The van der Waals surface area contributed by atoms with Crippen LogP contribution in [0.15, 0.2) is 89.8 Å². The van der Waals surface area contributed by atoms with E-state index in [4.69, 9.17) is 16.3 Å². The monoisotopic (exact) mass is 503 g/mol. The highest BCUT2D eigenvalue weighted by molar-refractivity contribution is 8.18. The summed E-state index contributed by atoms with van der Waals surface area (Å²) < 4.78 is 20.2. The summed E-state index contributed by atoms with van der Waals surface area (Å²) in [5.41, 5.74) is 1.90. The fourth-order valence-corrected chi connectivity index (χ4v) is 4.96. The van der Waals surface area contributed by atoms with E-state index in [1.54, 1.807) is 6.08 Å². The second-order valence-corrected chi connectivity index (χ2v) is 9.37. The molecule has 0 saturated carbocycles. The van der Waals surface area contributed by atoms with Crippen molar-refractivity contribution in [1.29, 1.82) is 0 Å². The van der Waals surface area contributed by atoms with Gasteiger partial charge in [-0.15, -0.1) is 0 Å². The minimum absolute atomic E-state index is 0.113. The number of halogens is 2. The summed E-state index contributed by atoms with van der Waals surface area (Å²) in [5, 5.41) is 1.98. The highest BCUT2D eigenvalue weighted by atomic mass is 35.5. The second-order valence-electron chi connectivity index (χ2n) is 7.97. The lowest BCUT2D eigenvalue weighted by Gasteiger charge is -2.14. The molecule has 1 fully saturated rings. The molecule has 1 aliphatic heterocycles. The molecule has 0 N–H and O–H groups in total. The zero-order valence-electron chi connectivity index (χ0n) is 18.4. The van der Waals surface area contributed by atoms with E-state index >= 15 is 0 Å². The van der Waals surface area contributed by atoms with Crippen LogP contribution in [0, 0.1) is 5.82 Å². The number of hydrogen-bond donors (Lipinski definition) is 0. The summed E-state index contributed by atoms with van der Waals surface area (Å²) in [5.74, 6) is -0.401. The summed E-state index contributed by atoms with van der Waals surface area (Å²) in [7, 11) is 0. The Kier molecular flexibility index (Phi) is 6.57. The smallest absolute Gasteiger partial charge is 0.293 e. The molecule has 7 heteroatoms. The number of rotatable bonds is 6. The van der Waals surface area contributed by atoms with Gasteiger partial charge >= 0.3 is 0 Å². The van der Waals surface area contributed by atoms with E-state index in [0.717, 1.165) is 38.6 Å².